The molecule has 1 aliphatic rings. The number of rotatable bonds is 3. The van der Waals surface area contributed by atoms with Crippen LogP contribution in [0.4, 0.5) is 0 Å². The molecule has 1 aromatic rings. The van der Waals surface area contributed by atoms with Gasteiger partial charge in [-0.1, -0.05) is 36.7 Å². The van der Waals surface area contributed by atoms with E-state index in [9.17, 15) is 0 Å². The number of benzene rings is 1. The van der Waals surface area contributed by atoms with Crippen LogP contribution in [0.2, 0.25) is 5.02 Å². The molecule has 1 saturated carbocycles. The lowest BCUT2D eigenvalue weighted by atomic mass is 9.81. The minimum absolute atomic E-state index is 0.0312. The molecule has 1 aromatic carbocycles. The molecule has 3 atom stereocenters. The highest BCUT2D eigenvalue weighted by Crippen LogP contribution is 2.31. The first-order valence-electron chi connectivity index (χ1n) is 6.45. The molecule has 0 aromatic heterocycles. The summed E-state index contributed by atoms with van der Waals surface area (Å²) in [5.74, 6) is 0.675. The normalized spacial score (nSPS) is 27.7. The molecule has 18 heavy (non-hydrogen) atoms. The zero-order chi connectivity index (χ0) is 13.0. The van der Waals surface area contributed by atoms with Gasteiger partial charge in [0.15, 0.2) is 0 Å². The van der Waals surface area contributed by atoms with Gasteiger partial charge in [-0.15, -0.1) is 0 Å². The molecule has 0 bridgehead atoms. The molecule has 1 fully saturated rings. The van der Waals surface area contributed by atoms with E-state index >= 15 is 0 Å². The standard InChI is InChI=1S/C15H18ClNO/c1-11-6-7-12(9-17)15(8-11)18-10-13-4-2-3-5-14(13)16/h2-5,11-12,15H,6-8,10H2,1H3. The number of ether oxygens (including phenoxy) is 1. The minimum atomic E-state index is 0.0312. The van der Waals surface area contributed by atoms with Gasteiger partial charge in [0.2, 0.25) is 0 Å². The first-order chi connectivity index (χ1) is 8.70. The maximum Gasteiger partial charge on any atom is 0.0740 e. The first kappa shape index (κ1) is 13.4. The smallest absolute Gasteiger partial charge is 0.0740 e. The number of halogens is 1. The zero-order valence-corrected chi connectivity index (χ0v) is 11.4. The second-order valence-corrected chi connectivity index (χ2v) is 5.50. The molecule has 3 unspecified atom stereocenters. The summed E-state index contributed by atoms with van der Waals surface area (Å²) in [5, 5.41) is 9.87. The SMILES string of the molecule is CC1CCC(C#N)C(OCc2ccccc2Cl)C1. The fourth-order valence-electron chi connectivity index (χ4n) is 2.47. The van der Waals surface area contributed by atoms with Gasteiger partial charge in [0.1, 0.15) is 0 Å². The zero-order valence-electron chi connectivity index (χ0n) is 10.6. The van der Waals surface area contributed by atoms with Gasteiger partial charge in [-0.25, -0.2) is 0 Å². The third kappa shape index (κ3) is 3.25. The highest BCUT2D eigenvalue weighted by atomic mass is 35.5. The summed E-state index contributed by atoms with van der Waals surface area (Å²) < 4.78 is 5.92. The van der Waals surface area contributed by atoms with Gasteiger partial charge in [0.25, 0.3) is 0 Å². The average molecular weight is 264 g/mol. The van der Waals surface area contributed by atoms with Crippen molar-refractivity contribution in [1.29, 1.82) is 5.26 Å². The van der Waals surface area contributed by atoms with Crippen LogP contribution in [0.5, 0.6) is 0 Å². The van der Waals surface area contributed by atoms with Gasteiger partial charge in [-0.05, 0) is 36.8 Å². The second kappa shape index (κ2) is 6.22. The molecule has 2 nitrogen and oxygen atoms in total. The summed E-state index contributed by atoms with van der Waals surface area (Å²) in [6, 6.07) is 10.1. The lowest BCUT2D eigenvalue weighted by molar-refractivity contribution is -0.0173. The van der Waals surface area contributed by atoms with Crippen LogP contribution >= 0.6 is 11.6 Å². The van der Waals surface area contributed by atoms with Crippen molar-refractivity contribution in [3.05, 3.63) is 34.9 Å². The second-order valence-electron chi connectivity index (χ2n) is 5.09. The van der Waals surface area contributed by atoms with E-state index in [0.717, 1.165) is 29.8 Å². The molecular weight excluding hydrogens is 246 g/mol. The molecule has 0 saturated heterocycles. The topological polar surface area (TPSA) is 33.0 Å². The summed E-state index contributed by atoms with van der Waals surface area (Å²) in [7, 11) is 0. The molecule has 96 valence electrons. The van der Waals surface area contributed by atoms with Gasteiger partial charge >= 0.3 is 0 Å². The van der Waals surface area contributed by atoms with Crippen LogP contribution in [0.25, 0.3) is 0 Å². The van der Waals surface area contributed by atoms with Crippen molar-refractivity contribution >= 4 is 11.6 Å². The molecule has 2 rings (SSSR count). The van der Waals surface area contributed by atoms with Crippen molar-refractivity contribution in [2.45, 2.75) is 38.9 Å². The van der Waals surface area contributed by atoms with E-state index < -0.39 is 0 Å². The Bertz CT molecular complexity index is 440. The van der Waals surface area contributed by atoms with Crippen molar-refractivity contribution in [1.82, 2.24) is 0 Å². The molecule has 0 aliphatic heterocycles. The van der Waals surface area contributed by atoms with Gasteiger partial charge in [-0.2, -0.15) is 5.26 Å². The summed E-state index contributed by atoms with van der Waals surface area (Å²) in [6.45, 7) is 2.72. The molecule has 1 aliphatic carbocycles. The van der Waals surface area contributed by atoms with E-state index in [1.165, 1.54) is 0 Å². The molecule has 0 N–H and O–H groups in total. The monoisotopic (exact) mass is 263 g/mol. The Morgan fingerprint density at radius 2 is 2.17 bits per heavy atom. The Morgan fingerprint density at radius 1 is 1.39 bits per heavy atom. The molecule has 0 amide bonds. The molecule has 0 heterocycles. The third-order valence-corrected chi connectivity index (χ3v) is 4.00. The average Bonchev–Trinajstić information content (AvgIpc) is 2.38. The molecular formula is C15H18ClNO. The third-order valence-electron chi connectivity index (χ3n) is 3.63. The van der Waals surface area contributed by atoms with Crippen LogP contribution in [0.3, 0.4) is 0 Å². The van der Waals surface area contributed by atoms with Crippen LogP contribution in [-0.2, 0) is 11.3 Å². The summed E-state index contributed by atoms with van der Waals surface area (Å²) >= 11 is 6.10. The van der Waals surface area contributed by atoms with Crippen molar-refractivity contribution in [2.75, 3.05) is 0 Å². The lowest BCUT2D eigenvalue weighted by Gasteiger charge is -2.30. The van der Waals surface area contributed by atoms with Crippen molar-refractivity contribution in [3.8, 4) is 6.07 Å². The largest absolute Gasteiger partial charge is 0.372 e. The number of nitriles is 1. The minimum Gasteiger partial charge on any atom is -0.372 e. The molecule has 0 radical (unpaired) electrons. The molecule has 3 heteroatoms. The van der Waals surface area contributed by atoms with Gasteiger partial charge < -0.3 is 4.74 Å². The van der Waals surface area contributed by atoms with E-state index in [2.05, 4.69) is 13.0 Å². The van der Waals surface area contributed by atoms with Crippen molar-refractivity contribution in [2.24, 2.45) is 11.8 Å². The number of hydrogen-bond donors (Lipinski definition) is 0. The maximum atomic E-state index is 9.14. The summed E-state index contributed by atoms with van der Waals surface area (Å²) in [5.41, 5.74) is 0.995. The lowest BCUT2D eigenvalue weighted by Crippen LogP contribution is -2.30. The van der Waals surface area contributed by atoms with Gasteiger partial charge in [0.05, 0.1) is 24.7 Å². The van der Waals surface area contributed by atoms with Gasteiger partial charge in [0, 0.05) is 5.02 Å². The van der Waals surface area contributed by atoms with E-state index in [1.807, 2.05) is 24.3 Å². The predicted molar refractivity (Wildman–Crippen MR) is 72.1 cm³/mol. The number of nitrogens with zero attached hydrogens (tertiary/aromatic N) is 1. The fourth-order valence-corrected chi connectivity index (χ4v) is 2.66. The quantitative estimate of drug-likeness (QED) is 0.819. The van der Waals surface area contributed by atoms with E-state index in [1.54, 1.807) is 0 Å². The highest BCUT2D eigenvalue weighted by Gasteiger charge is 2.29. The van der Waals surface area contributed by atoms with Crippen LogP contribution < -0.4 is 0 Å². The van der Waals surface area contributed by atoms with Gasteiger partial charge in [-0.3, -0.25) is 0 Å². The van der Waals surface area contributed by atoms with Crippen LogP contribution in [0.15, 0.2) is 24.3 Å². The summed E-state index contributed by atoms with van der Waals surface area (Å²) in [4.78, 5) is 0. The Kier molecular flexibility index (Phi) is 4.63. The van der Waals surface area contributed by atoms with Crippen LogP contribution in [0, 0.1) is 23.2 Å². The number of hydrogen-bond acceptors (Lipinski definition) is 2. The fraction of sp³-hybridized carbons (Fsp3) is 0.533. The predicted octanol–water partition coefficient (Wildman–Crippen LogP) is 4.18. The van der Waals surface area contributed by atoms with Crippen molar-refractivity contribution < 1.29 is 4.74 Å². The Balaban J connectivity index is 1.96. The van der Waals surface area contributed by atoms with E-state index in [-0.39, 0.29) is 12.0 Å². The summed E-state index contributed by atoms with van der Waals surface area (Å²) in [6.07, 6.45) is 3.10. The van der Waals surface area contributed by atoms with E-state index in [4.69, 9.17) is 21.6 Å². The van der Waals surface area contributed by atoms with Crippen molar-refractivity contribution in [3.63, 3.8) is 0 Å². The first-order valence-corrected chi connectivity index (χ1v) is 6.83. The Labute approximate surface area is 114 Å². The molecule has 0 spiro atoms. The van der Waals surface area contributed by atoms with E-state index in [0.29, 0.717) is 12.5 Å². The van der Waals surface area contributed by atoms with Crippen LogP contribution in [-0.4, -0.2) is 6.10 Å². The Hall–Kier alpha value is -1.04. The Morgan fingerprint density at radius 3 is 2.89 bits per heavy atom. The maximum absolute atomic E-state index is 9.14. The van der Waals surface area contributed by atoms with Crippen LogP contribution in [0.1, 0.15) is 31.7 Å². The highest BCUT2D eigenvalue weighted by molar-refractivity contribution is 6.31.